The van der Waals surface area contributed by atoms with E-state index >= 15 is 0 Å². The van der Waals surface area contributed by atoms with Crippen LogP contribution in [0, 0.1) is 11.3 Å². The van der Waals surface area contributed by atoms with E-state index in [1.165, 1.54) is 11.3 Å². The SMILES string of the molecule is N=C(N)C1C=CC(CNC(=O)c2cnc(-c3ccccc3)s2)=CC1. The van der Waals surface area contributed by atoms with Crippen LogP contribution in [-0.4, -0.2) is 23.3 Å². The largest absolute Gasteiger partial charge is 0.387 e. The van der Waals surface area contributed by atoms with Crippen LogP contribution in [0.3, 0.4) is 0 Å². The first-order chi connectivity index (χ1) is 11.6. The molecule has 2 aromatic rings. The zero-order chi connectivity index (χ0) is 16.9. The lowest BCUT2D eigenvalue weighted by Gasteiger charge is -2.14. The van der Waals surface area contributed by atoms with Gasteiger partial charge in [-0.25, -0.2) is 4.98 Å². The Balaban J connectivity index is 1.58. The molecule has 122 valence electrons. The molecule has 1 aliphatic carbocycles. The van der Waals surface area contributed by atoms with Gasteiger partial charge in [-0.05, 0) is 12.0 Å². The average molecular weight is 338 g/mol. The van der Waals surface area contributed by atoms with Crippen LogP contribution in [0.25, 0.3) is 10.6 Å². The summed E-state index contributed by atoms with van der Waals surface area (Å²) >= 11 is 1.38. The number of carbonyl (C=O) groups excluding carboxylic acids is 1. The number of rotatable bonds is 5. The summed E-state index contributed by atoms with van der Waals surface area (Å²) in [6.07, 6.45) is 8.14. The molecule has 1 amide bonds. The van der Waals surface area contributed by atoms with E-state index in [0.29, 0.717) is 17.8 Å². The van der Waals surface area contributed by atoms with Crippen LogP contribution >= 0.6 is 11.3 Å². The number of nitrogens with zero attached hydrogens (tertiary/aromatic N) is 1. The van der Waals surface area contributed by atoms with Crippen molar-refractivity contribution in [3.05, 3.63) is 65.2 Å². The first-order valence-electron chi connectivity index (χ1n) is 7.64. The smallest absolute Gasteiger partial charge is 0.263 e. The first kappa shape index (κ1) is 16.1. The number of benzene rings is 1. The molecule has 0 spiro atoms. The number of nitrogens with one attached hydrogen (secondary N) is 2. The Morgan fingerprint density at radius 1 is 1.38 bits per heavy atom. The van der Waals surface area contributed by atoms with E-state index < -0.39 is 0 Å². The van der Waals surface area contributed by atoms with E-state index in [4.69, 9.17) is 11.1 Å². The lowest BCUT2D eigenvalue weighted by atomic mass is 9.96. The molecule has 4 N–H and O–H groups in total. The van der Waals surface area contributed by atoms with Crippen LogP contribution in [0.5, 0.6) is 0 Å². The van der Waals surface area contributed by atoms with Crippen LogP contribution in [0.1, 0.15) is 16.1 Å². The summed E-state index contributed by atoms with van der Waals surface area (Å²) in [4.78, 5) is 17.2. The maximum absolute atomic E-state index is 12.3. The van der Waals surface area contributed by atoms with Gasteiger partial charge >= 0.3 is 0 Å². The van der Waals surface area contributed by atoms with E-state index in [-0.39, 0.29) is 17.7 Å². The van der Waals surface area contributed by atoms with Gasteiger partial charge in [0.15, 0.2) is 0 Å². The Kier molecular flexibility index (Phi) is 4.86. The summed E-state index contributed by atoms with van der Waals surface area (Å²) in [5, 5.41) is 11.2. The summed E-state index contributed by atoms with van der Waals surface area (Å²) < 4.78 is 0. The first-order valence-corrected chi connectivity index (χ1v) is 8.46. The second-order valence-electron chi connectivity index (χ2n) is 5.51. The minimum atomic E-state index is -0.127. The van der Waals surface area contributed by atoms with Gasteiger partial charge in [0.1, 0.15) is 9.88 Å². The molecular weight excluding hydrogens is 320 g/mol. The van der Waals surface area contributed by atoms with Gasteiger partial charge in [-0.15, -0.1) is 11.3 Å². The van der Waals surface area contributed by atoms with Crippen molar-refractivity contribution in [1.82, 2.24) is 10.3 Å². The molecule has 0 fully saturated rings. The highest BCUT2D eigenvalue weighted by molar-refractivity contribution is 7.16. The fourth-order valence-corrected chi connectivity index (χ4v) is 3.23. The second kappa shape index (κ2) is 7.23. The van der Waals surface area contributed by atoms with Gasteiger partial charge < -0.3 is 11.1 Å². The molecule has 1 atom stereocenters. The van der Waals surface area contributed by atoms with Crippen molar-refractivity contribution >= 4 is 23.1 Å². The Morgan fingerprint density at radius 2 is 2.17 bits per heavy atom. The Labute approximate surface area is 144 Å². The second-order valence-corrected chi connectivity index (χ2v) is 6.54. The molecule has 6 heteroatoms. The fraction of sp³-hybridized carbons (Fsp3) is 0.167. The van der Waals surface area contributed by atoms with E-state index in [9.17, 15) is 4.79 Å². The number of allylic oxidation sites excluding steroid dienone is 1. The summed E-state index contributed by atoms with van der Waals surface area (Å²) in [7, 11) is 0. The van der Waals surface area contributed by atoms with Crippen LogP contribution < -0.4 is 11.1 Å². The van der Waals surface area contributed by atoms with Gasteiger partial charge in [0.25, 0.3) is 5.91 Å². The van der Waals surface area contributed by atoms with Crippen molar-refractivity contribution < 1.29 is 4.79 Å². The van der Waals surface area contributed by atoms with E-state index in [0.717, 1.165) is 16.1 Å². The average Bonchev–Trinajstić information content (AvgIpc) is 3.11. The van der Waals surface area contributed by atoms with Gasteiger partial charge in [-0.3, -0.25) is 10.2 Å². The highest BCUT2D eigenvalue weighted by atomic mass is 32.1. The Morgan fingerprint density at radius 3 is 2.83 bits per heavy atom. The monoisotopic (exact) mass is 338 g/mol. The number of amidine groups is 1. The maximum Gasteiger partial charge on any atom is 0.263 e. The van der Waals surface area contributed by atoms with Crippen molar-refractivity contribution in [3.8, 4) is 10.6 Å². The van der Waals surface area contributed by atoms with Gasteiger partial charge in [0.2, 0.25) is 0 Å². The standard InChI is InChI=1S/C18H18N4OS/c19-16(20)13-8-6-12(7-9-13)10-21-17(23)15-11-22-18(24-15)14-4-2-1-3-5-14/h1-8,11,13H,9-10H2,(H3,19,20)(H,21,23). The predicted molar refractivity (Wildman–Crippen MR) is 97.1 cm³/mol. The van der Waals surface area contributed by atoms with Crippen LogP contribution in [0.2, 0.25) is 0 Å². The number of carbonyl (C=O) groups is 1. The lowest BCUT2D eigenvalue weighted by Crippen LogP contribution is -2.26. The fourth-order valence-electron chi connectivity index (χ4n) is 2.39. The summed E-state index contributed by atoms with van der Waals surface area (Å²) in [6, 6.07) is 9.80. The molecule has 0 bridgehead atoms. The zero-order valence-electron chi connectivity index (χ0n) is 13.0. The summed E-state index contributed by atoms with van der Waals surface area (Å²) in [6.45, 7) is 0.457. The number of amides is 1. The van der Waals surface area contributed by atoms with Gasteiger partial charge in [-0.1, -0.05) is 48.6 Å². The van der Waals surface area contributed by atoms with Crippen LogP contribution in [0.4, 0.5) is 0 Å². The molecule has 5 nitrogen and oxygen atoms in total. The number of nitrogens with two attached hydrogens (primary N) is 1. The molecule has 1 unspecified atom stereocenters. The third kappa shape index (κ3) is 3.78. The van der Waals surface area contributed by atoms with Crippen LogP contribution in [-0.2, 0) is 0 Å². The molecular formula is C18H18N4OS. The van der Waals surface area contributed by atoms with E-state index in [1.807, 2.05) is 48.6 Å². The van der Waals surface area contributed by atoms with E-state index in [1.54, 1.807) is 6.20 Å². The topological polar surface area (TPSA) is 91.9 Å². The van der Waals surface area contributed by atoms with Gasteiger partial charge in [0.05, 0.1) is 12.0 Å². The minimum absolute atomic E-state index is 0.0284. The van der Waals surface area contributed by atoms with Crippen molar-refractivity contribution in [3.63, 3.8) is 0 Å². The number of hydrogen-bond acceptors (Lipinski definition) is 4. The zero-order valence-corrected chi connectivity index (χ0v) is 13.8. The molecule has 3 rings (SSSR count). The quantitative estimate of drug-likeness (QED) is 0.578. The third-order valence-corrected chi connectivity index (χ3v) is 4.82. The molecule has 0 saturated heterocycles. The van der Waals surface area contributed by atoms with Gasteiger partial charge in [0, 0.05) is 18.0 Å². The molecule has 1 aliphatic rings. The maximum atomic E-state index is 12.3. The third-order valence-electron chi connectivity index (χ3n) is 3.78. The highest BCUT2D eigenvalue weighted by Crippen LogP contribution is 2.24. The van der Waals surface area contributed by atoms with Gasteiger partial charge in [-0.2, -0.15) is 0 Å². The molecule has 1 heterocycles. The number of aromatic nitrogens is 1. The highest BCUT2D eigenvalue weighted by Gasteiger charge is 2.14. The van der Waals surface area contributed by atoms with E-state index in [2.05, 4.69) is 10.3 Å². The van der Waals surface area contributed by atoms with Crippen LogP contribution in [0.15, 0.2) is 60.3 Å². The number of thiazole rings is 1. The Bertz CT molecular complexity index is 807. The molecule has 1 aromatic heterocycles. The van der Waals surface area contributed by atoms with Crippen molar-refractivity contribution in [2.45, 2.75) is 6.42 Å². The molecule has 0 aliphatic heterocycles. The molecule has 24 heavy (non-hydrogen) atoms. The Hall–Kier alpha value is -2.73. The summed E-state index contributed by atoms with van der Waals surface area (Å²) in [5.74, 6) is 0.0146. The summed E-state index contributed by atoms with van der Waals surface area (Å²) in [5.41, 5.74) is 7.52. The van der Waals surface area contributed by atoms with Crippen molar-refractivity contribution in [2.75, 3.05) is 6.54 Å². The normalized spacial score (nSPS) is 16.5. The molecule has 0 radical (unpaired) electrons. The predicted octanol–water partition coefficient (Wildman–Crippen LogP) is 2.98. The van der Waals surface area contributed by atoms with Crippen molar-refractivity contribution in [1.29, 1.82) is 5.41 Å². The molecule has 0 saturated carbocycles. The molecule has 1 aromatic carbocycles. The number of hydrogen-bond donors (Lipinski definition) is 3. The minimum Gasteiger partial charge on any atom is -0.387 e. The lowest BCUT2D eigenvalue weighted by molar-refractivity contribution is 0.0961. The van der Waals surface area contributed by atoms with Crippen molar-refractivity contribution in [2.24, 2.45) is 11.7 Å².